The van der Waals surface area contributed by atoms with E-state index in [1.807, 2.05) is 18.2 Å². The summed E-state index contributed by atoms with van der Waals surface area (Å²) in [6.07, 6.45) is 3.62. The summed E-state index contributed by atoms with van der Waals surface area (Å²) in [4.78, 5) is 3.24. The Kier molecular flexibility index (Phi) is 2.72. The lowest BCUT2D eigenvalue weighted by Gasteiger charge is -2.07. The first-order valence-electron chi connectivity index (χ1n) is 6.75. The van der Waals surface area contributed by atoms with Gasteiger partial charge in [-0.15, -0.1) is 0 Å². The number of nitrogens with zero attached hydrogens (tertiary/aromatic N) is 1. The Morgan fingerprint density at radius 1 is 1.05 bits per heavy atom. The van der Waals surface area contributed by atoms with E-state index >= 15 is 0 Å². The topological polar surface area (TPSA) is 20.7 Å². The van der Waals surface area contributed by atoms with Gasteiger partial charge in [-0.3, -0.25) is 4.57 Å². The number of aromatic nitrogens is 2. The average molecular weight is 301 g/mol. The van der Waals surface area contributed by atoms with Gasteiger partial charge in [0.15, 0.2) is 4.77 Å². The first-order chi connectivity index (χ1) is 9.72. The zero-order valence-corrected chi connectivity index (χ0v) is 12.4. The maximum atomic E-state index is 6.12. The van der Waals surface area contributed by atoms with Crippen molar-refractivity contribution >= 4 is 34.9 Å². The zero-order valence-electron chi connectivity index (χ0n) is 10.8. The van der Waals surface area contributed by atoms with Gasteiger partial charge in [0, 0.05) is 10.7 Å². The molecule has 0 saturated heterocycles. The lowest BCUT2D eigenvalue weighted by Crippen LogP contribution is -1.95. The molecule has 1 aromatic heterocycles. The number of H-pyrrole nitrogens is 1. The number of nitrogens with one attached hydrogen (secondary N) is 1. The van der Waals surface area contributed by atoms with E-state index in [1.165, 1.54) is 30.4 Å². The summed E-state index contributed by atoms with van der Waals surface area (Å²) in [6.45, 7) is 0. The quantitative estimate of drug-likeness (QED) is 0.638. The van der Waals surface area contributed by atoms with Crippen LogP contribution in [0.5, 0.6) is 0 Å². The summed E-state index contributed by atoms with van der Waals surface area (Å²) in [7, 11) is 0. The van der Waals surface area contributed by atoms with Gasteiger partial charge in [-0.25, -0.2) is 0 Å². The summed E-state index contributed by atoms with van der Waals surface area (Å²) in [5.41, 5.74) is 6.07. The molecule has 0 amide bonds. The number of rotatable bonds is 1. The van der Waals surface area contributed by atoms with E-state index < -0.39 is 0 Å². The molecule has 3 aromatic rings. The van der Waals surface area contributed by atoms with Crippen LogP contribution in [0.4, 0.5) is 0 Å². The van der Waals surface area contributed by atoms with E-state index in [9.17, 15) is 0 Å². The lowest BCUT2D eigenvalue weighted by atomic mass is 10.1. The number of hydrogen-bond donors (Lipinski definition) is 1. The van der Waals surface area contributed by atoms with Crippen LogP contribution in [0.25, 0.3) is 16.7 Å². The smallest absolute Gasteiger partial charge is 0.182 e. The Bertz CT molecular complexity index is 876. The summed E-state index contributed by atoms with van der Waals surface area (Å²) in [5, 5.41) is 0.724. The monoisotopic (exact) mass is 300 g/mol. The summed E-state index contributed by atoms with van der Waals surface area (Å²) in [6, 6.07) is 12.4. The van der Waals surface area contributed by atoms with E-state index in [-0.39, 0.29) is 0 Å². The largest absolute Gasteiger partial charge is 0.330 e. The van der Waals surface area contributed by atoms with Crippen LogP contribution in [0, 0.1) is 4.77 Å². The van der Waals surface area contributed by atoms with Crippen LogP contribution in [0.2, 0.25) is 5.02 Å². The van der Waals surface area contributed by atoms with Gasteiger partial charge in [0.2, 0.25) is 0 Å². The average Bonchev–Trinajstić information content (AvgIpc) is 3.00. The van der Waals surface area contributed by atoms with Gasteiger partial charge >= 0.3 is 0 Å². The second kappa shape index (κ2) is 4.47. The van der Waals surface area contributed by atoms with Crippen LogP contribution in [0.3, 0.4) is 0 Å². The van der Waals surface area contributed by atoms with Gasteiger partial charge in [0.25, 0.3) is 0 Å². The Morgan fingerprint density at radius 3 is 2.80 bits per heavy atom. The number of benzene rings is 2. The molecule has 100 valence electrons. The van der Waals surface area contributed by atoms with Crippen molar-refractivity contribution in [3.8, 4) is 5.69 Å². The highest BCUT2D eigenvalue weighted by Gasteiger charge is 2.13. The van der Waals surface area contributed by atoms with Crippen LogP contribution < -0.4 is 0 Å². The fraction of sp³-hybridized carbons (Fsp3) is 0.188. The molecule has 0 saturated carbocycles. The normalized spacial score (nSPS) is 13.8. The molecule has 0 radical (unpaired) electrons. The molecule has 0 spiro atoms. The van der Waals surface area contributed by atoms with E-state index in [2.05, 4.69) is 27.8 Å². The summed E-state index contributed by atoms with van der Waals surface area (Å²) in [5.74, 6) is 0. The molecule has 0 unspecified atom stereocenters. The van der Waals surface area contributed by atoms with Crippen molar-refractivity contribution in [1.29, 1.82) is 0 Å². The van der Waals surface area contributed by atoms with Gasteiger partial charge in [0.1, 0.15) is 0 Å². The third-order valence-electron chi connectivity index (χ3n) is 3.99. The van der Waals surface area contributed by atoms with E-state index in [0.29, 0.717) is 4.77 Å². The molecular weight excluding hydrogens is 288 g/mol. The summed E-state index contributed by atoms with van der Waals surface area (Å²) < 4.78 is 2.77. The second-order valence-corrected chi connectivity index (χ2v) is 6.06. The molecule has 1 heterocycles. The number of aromatic amines is 1. The maximum Gasteiger partial charge on any atom is 0.182 e. The molecule has 20 heavy (non-hydrogen) atoms. The van der Waals surface area contributed by atoms with Gasteiger partial charge in [-0.2, -0.15) is 0 Å². The second-order valence-electron chi connectivity index (χ2n) is 5.23. The maximum absolute atomic E-state index is 6.12. The van der Waals surface area contributed by atoms with Crippen LogP contribution in [-0.4, -0.2) is 9.55 Å². The standard InChI is InChI=1S/C16H13ClN2S/c17-12-5-7-14-15(9-12)19(16(20)18-14)13-6-4-10-2-1-3-11(10)8-13/h4-9H,1-3H2,(H,18,20). The number of fused-ring (bicyclic) bond motifs is 2. The molecule has 1 aliphatic rings. The zero-order chi connectivity index (χ0) is 13.7. The van der Waals surface area contributed by atoms with Gasteiger partial charge in [0.05, 0.1) is 11.0 Å². The molecule has 2 aromatic carbocycles. The number of aryl methyl sites for hydroxylation is 2. The molecule has 4 rings (SSSR count). The van der Waals surface area contributed by atoms with Crippen molar-refractivity contribution in [3.05, 3.63) is 57.3 Å². The third kappa shape index (κ3) is 1.81. The van der Waals surface area contributed by atoms with Crippen molar-refractivity contribution in [3.63, 3.8) is 0 Å². The minimum atomic E-state index is 0.709. The molecular formula is C16H13ClN2S. The van der Waals surface area contributed by atoms with E-state index in [0.717, 1.165) is 21.7 Å². The number of hydrogen-bond acceptors (Lipinski definition) is 1. The molecule has 1 aliphatic carbocycles. The predicted octanol–water partition coefficient (Wildman–Crippen LogP) is 4.83. The molecule has 0 aliphatic heterocycles. The minimum absolute atomic E-state index is 0.709. The summed E-state index contributed by atoms with van der Waals surface area (Å²) >= 11 is 11.6. The molecule has 4 heteroatoms. The van der Waals surface area contributed by atoms with Crippen molar-refractivity contribution in [2.45, 2.75) is 19.3 Å². The Labute approximate surface area is 127 Å². The fourth-order valence-electron chi connectivity index (χ4n) is 3.03. The van der Waals surface area contributed by atoms with Crippen molar-refractivity contribution in [2.24, 2.45) is 0 Å². The first-order valence-corrected chi connectivity index (χ1v) is 7.53. The molecule has 0 atom stereocenters. The predicted molar refractivity (Wildman–Crippen MR) is 85.5 cm³/mol. The Morgan fingerprint density at radius 2 is 1.90 bits per heavy atom. The third-order valence-corrected chi connectivity index (χ3v) is 4.51. The highest BCUT2D eigenvalue weighted by Crippen LogP contribution is 2.27. The van der Waals surface area contributed by atoms with Gasteiger partial charge in [-0.05, 0) is 72.9 Å². The highest BCUT2D eigenvalue weighted by molar-refractivity contribution is 7.71. The molecule has 0 fully saturated rings. The van der Waals surface area contributed by atoms with Crippen molar-refractivity contribution in [2.75, 3.05) is 0 Å². The highest BCUT2D eigenvalue weighted by atomic mass is 35.5. The minimum Gasteiger partial charge on any atom is -0.330 e. The van der Waals surface area contributed by atoms with E-state index in [4.69, 9.17) is 23.8 Å². The van der Waals surface area contributed by atoms with E-state index in [1.54, 1.807) is 0 Å². The molecule has 1 N–H and O–H groups in total. The van der Waals surface area contributed by atoms with Gasteiger partial charge in [-0.1, -0.05) is 17.7 Å². The fourth-order valence-corrected chi connectivity index (χ4v) is 3.51. The van der Waals surface area contributed by atoms with Crippen LogP contribution in [-0.2, 0) is 12.8 Å². The molecule has 2 nitrogen and oxygen atoms in total. The number of halogens is 1. The van der Waals surface area contributed by atoms with Crippen LogP contribution >= 0.6 is 23.8 Å². The van der Waals surface area contributed by atoms with Crippen LogP contribution in [0.1, 0.15) is 17.5 Å². The SMILES string of the molecule is S=c1[nH]c2ccc(Cl)cc2n1-c1ccc2c(c1)CCC2. The Balaban J connectivity index is 2.00. The number of imidazole rings is 1. The Hall–Kier alpha value is -1.58. The van der Waals surface area contributed by atoms with Gasteiger partial charge < -0.3 is 4.98 Å². The lowest BCUT2D eigenvalue weighted by molar-refractivity contribution is 0.911. The van der Waals surface area contributed by atoms with Crippen molar-refractivity contribution in [1.82, 2.24) is 9.55 Å². The van der Waals surface area contributed by atoms with Crippen LogP contribution in [0.15, 0.2) is 36.4 Å². The first kappa shape index (κ1) is 12.2. The molecule has 0 bridgehead atoms. The van der Waals surface area contributed by atoms with Crippen molar-refractivity contribution < 1.29 is 0 Å².